The molecule has 1 saturated heterocycles. The smallest absolute Gasteiger partial charge is 0.318 e. The number of carbonyl (C=O) groups excluding carboxylic acids is 1. The van der Waals surface area contributed by atoms with Gasteiger partial charge in [-0.2, -0.15) is 0 Å². The number of rotatable bonds is 6. The van der Waals surface area contributed by atoms with E-state index in [9.17, 15) is 14.9 Å². The summed E-state index contributed by atoms with van der Waals surface area (Å²) in [5.74, 6) is 1.36. The van der Waals surface area contributed by atoms with Gasteiger partial charge in [0.05, 0.1) is 17.6 Å². The normalized spacial score (nSPS) is 14.9. The van der Waals surface area contributed by atoms with Crippen LogP contribution < -0.4 is 15.0 Å². The van der Waals surface area contributed by atoms with Crippen LogP contribution in [-0.2, 0) is 0 Å². The Morgan fingerprint density at radius 2 is 1.91 bits per heavy atom. The summed E-state index contributed by atoms with van der Waals surface area (Å²) in [4.78, 5) is 27.1. The zero-order valence-electron chi connectivity index (χ0n) is 18.1. The molecule has 0 bridgehead atoms. The molecule has 9 nitrogen and oxygen atoms in total. The van der Waals surface area contributed by atoms with Crippen LogP contribution in [0.3, 0.4) is 0 Å². The number of urea groups is 1. The van der Waals surface area contributed by atoms with E-state index in [1.807, 2.05) is 38.1 Å². The number of nitrogens with one attached hydrogen (secondary N) is 1. The van der Waals surface area contributed by atoms with Crippen molar-refractivity contribution in [1.29, 1.82) is 0 Å². The fourth-order valence-electron chi connectivity index (χ4n) is 3.84. The summed E-state index contributed by atoms with van der Waals surface area (Å²) in [6.07, 6.45) is 0. The lowest BCUT2D eigenvalue weighted by Crippen LogP contribution is -2.52. The second kappa shape index (κ2) is 9.17. The number of hydrogen-bond donors (Lipinski definition) is 1. The Hall–Kier alpha value is -3.75. The van der Waals surface area contributed by atoms with Gasteiger partial charge in [0.2, 0.25) is 0 Å². The van der Waals surface area contributed by atoms with Crippen LogP contribution in [0.25, 0.3) is 11.0 Å². The molecule has 0 radical (unpaired) electrons. The number of carbonyl (C=O) groups is 1. The van der Waals surface area contributed by atoms with Gasteiger partial charge in [-0.3, -0.25) is 10.1 Å². The molecule has 0 saturated carbocycles. The van der Waals surface area contributed by atoms with E-state index in [1.165, 1.54) is 12.1 Å². The molecule has 0 aliphatic carbocycles. The number of amides is 2. The van der Waals surface area contributed by atoms with Gasteiger partial charge in [-0.05, 0) is 38.1 Å². The van der Waals surface area contributed by atoms with Crippen LogP contribution in [0.4, 0.5) is 16.2 Å². The Morgan fingerprint density at radius 1 is 1.19 bits per heavy atom. The van der Waals surface area contributed by atoms with Crippen molar-refractivity contribution in [1.82, 2.24) is 10.2 Å². The number of fused-ring (bicyclic) bond motifs is 1. The van der Waals surface area contributed by atoms with Crippen molar-refractivity contribution in [2.75, 3.05) is 37.7 Å². The van der Waals surface area contributed by atoms with Crippen LogP contribution in [0.2, 0.25) is 0 Å². The Bertz CT molecular complexity index is 1100. The zero-order chi connectivity index (χ0) is 22.7. The molecule has 2 aromatic carbocycles. The largest absolute Gasteiger partial charge is 0.490 e. The monoisotopic (exact) mass is 438 g/mol. The number of para-hydroxylation sites is 1. The fourth-order valence-corrected chi connectivity index (χ4v) is 3.84. The van der Waals surface area contributed by atoms with Gasteiger partial charge in [-0.25, -0.2) is 4.79 Å². The Labute approximate surface area is 185 Å². The lowest BCUT2D eigenvalue weighted by molar-refractivity contribution is -0.384. The van der Waals surface area contributed by atoms with Crippen LogP contribution in [-0.4, -0.2) is 48.6 Å². The fraction of sp³-hybridized carbons (Fsp3) is 0.348. The predicted molar refractivity (Wildman–Crippen MR) is 121 cm³/mol. The summed E-state index contributed by atoms with van der Waals surface area (Å²) in [6.45, 7) is 6.79. The second-order valence-corrected chi connectivity index (χ2v) is 7.68. The lowest BCUT2D eigenvalue weighted by Gasteiger charge is -2.36. The Morgan fingerprint density at radius 3 is 2.56 bits per heavy atom. The highest BCUT2D eigenvalue weighted by Crippen LogP contribution is 2.31. The van der Waals surface area contributed by atoms with Crippen molar-refractivity contribution in [3.63, 3.8) is 0 Å². The molecule has 4 rings (SSSR count). The molecular weight excluding hydrogens is 412 g/mol. The minimum absolute atomic E-state index is 0.0692. The highest BCUT2D eigenvalue weighted by molar-refractivity contribution is 5.84. The molecule has 168 valence electrons. The Kier molecular flexibility index (Phi) is 6.16. The third-order valence-corrected chi connectivity index (χ3v) is 5.59. The first kappa shape index (κ1) is 21.5. The van der Waals surface area contributed by atoms with Crippen LogP contribution >= 0.6 is 0 Å². The van der Waals surface area contributed by atoms with Crippen molar-refractivity contribution >= 4 is 28.4 Å². The highest BCUT2D eigenvalue weighted by Gasteiger charge is 2.24. The third kappa shape index (κ3) is 4.46. The number of anilines is 1. The first-order valence-corrected chi connectivity index (χ1v) is 10.7. The molecule has 2 amide bonds. The van der Waals surface area contributed by atoms with E-state index in [-0.39, 0.29) is 17.8 Å². The molecule has 0 spiro atoms. The maximum atomic E-state index is 12.8. The van der Waals surface area contributed by atoms with Gasteiger partial charge in [0, 0.05) is 49.4 Å². The van der Waals surface area contributed by atoms with E-state index in [1.54, 1.807) is 17.0 Å². The van der Waals surface area contributed by atoms with Crippen molar-refractivity contribution in [2.24, 2.45) is 0 Å². The van der Waals surface area contributed by atoms with E-state index >= 15 is 0 Å². The molecule has 1 fully saturated rings. The first-order valence-electron chi connectivity index (χ1n) is 10.7. The maximum absolute atomic E-state index is 12.8. The lowest BCUT2D eigenvalue weighted by atomic mass is 10.2. The molecule has 32 heavy (non-hydrogen) atoms. The molecule has 1 aliphatic heterocycles. The van der Waals surface area contributed by atoms with Gasteiger partial charge < -0.3 is 24.3 Å². The summed E-state index contributed by atoms with van der Waals surface area (Å²) in [7, 11) is 0. The van der Waals surface area contributed by atoms with Crippen LogP contribution in [0.1, 0.15) is 25.6 Å². The Balaban J connectivity index is 1.35. The van der Waals surface area contributed by atoms with Gasteiger partial charge in [-0.15, -0.1) is 0 Å². The van der Waals surface area contributed by atoms with Gasteiger partial charge in [-0.1, -0.05) is 12.1 Å². The van der Waals surface area contributed by atoms with Crippen molar-refractivity contribution in [3.05, 3.63) is 64.4 Å². The number of benzene rings is 2. The van der Waals surface area contributed by atoms with E-state index in [2.05, 4.69) is 10.2 Å². The predicted octanol–water partition coefficient (Wildman–Crippen LogP) is 4.33. The minimum Gasteiger partial charge on any atom is -0.490 e. The number of ether oxygens (including phenoxy) is 1. The summed E-state index contributed by atoms with van der Waals surface area (Å²) in [5, 5.41) is 14.8. The number of non-ortho nitro benzene ring substituents is 1. The van der Waals surface area contributed by atoms with Crippen molar-refractivity contribution < 1.29 is 18.9 Å². The molecule has 1 aliphatic rings. The summed E-state index contributed by atoms with van der Waals surface area (Å²) in [5.41, 5.74) is 1.67. The molecule has 2 heterocycles. The van der Waals surface area contributed by atoms with Crippen LogP contribution in [0.5, 0.6) is 5.75 Å². The van der Waals surface area contributed by atoms with Gasteiger partial charge in [0.15, 0.2) is 11.3 Å². The van der Waals surface area contributed by atoms with Crippen molar-refractivity contribution in [3.8, 4) is 5.75 Å². The van der Waals surface area contributed by atoms with E-state index in [0.717, 1.165) is 11.1 Å². The number of hydrogen-bond acceptors (Lipinski definition) is 6. The SMILES string of the molecule is CCOc1cccc2cc(C(C)NC(=O)N3CCN(c4ccc([N+](=O)[O-])cc4)CC3)oc12. The second-order valence-electron chi connectivity index (χ2n) is 7.68. The number of piperazine rings is 1. The van der Waals surface area contributed by atoms with E-state index in [0.29, 0.717) is 49.9 Å². The van der Waals surface area contributed by atoms with Gasteiger partial charge in [0.25, 0.3) is 5.69 Å². The number of furan rings is 1. The van der Waals surface area contributed by atoms with Crippen LogP contribution in [0, 0.1) is 10.1 Å². The maximum Gasteiger partial charge on any atom is 0.318 e. The molecule has 1 atom stereocenters. The number of nitrogens with zero attached hydrogens (tertiary/aromatic N) is 3. The molecular formula is C23H26N4O5. The number of nitro groups is 1. The molecule has 1 N–H and O–H groups in total. The minimum atomic E-state index is -0.410. The quantitative estimate of drug-likeness (QED) is 0.454. The molecule has 1 unspecified atom stereocenters. The molecule has 3 aromatic rings. The van der Waals surface area contributed by atoms with E-state index in [4.69, 9.17) is 9.15 Å². The standard InChI is InChI=1S/C23H26N4O5/c1-3-31-20-6-4-5-17-15-21(32-22(17)20)16(2)24-23(28)26-13-11-25(12-14-26)18-7-9-19(10-8-18)27(29)30/h4-10,15-16H,3,11-14H2,1-2H3,(H,24,28). The molecule has 9 heteroatoms. The van der Waals surface area contributed by atoms with Crippen molar-refractivity contribution in [2.45, 2.75) is 19.9 Å². The van der Waals surface area contributed by atoms with Gasteiger partial charge in [0.1, 0.15) is 5.76 Å². The zero-order valence-corrected chi connectivity index (χ0v) is 18.1. The van der Waals surface area contributed by atoms with Crippen LogP contribution in [0.15, 0.2) is 52.9 Å². The highest BCUT2D eigenvalue weighted by atomic mass is 16.6. The summed E-state index contributed by atoms with van der Waals surface area (Å²) >= 11 is 0. The summed E-state index contributed by atoms with van der Waals surface area (Å²) < 4.78 is 11.6. The first-order chi connectivity index (χ1) is 15.5. The molecule has 1 aromatic heterocycles. The average Bonchev–Trinajstić information content (AvgIpc) is 3.25. The topological polar surface area (TPSA) is 101 Å². The van der Waals surface area contributed by atoms with E-state index < -0.39 is 4.92 Å². The average molecular weight is 438 g/mol. The van der Waals surface area contributed by atoms with Gasteiger partial charge >= 0.3 is 6.03 Å². The summed E-state index contributed by atoms with van der Waals surface area (Å²) in [6, 6.07) is 13.7. The number of nitro benzene ring substituents is 1. The third-order valence-electron chi connectivity index (χ3n) is 5.59.